The molecule has 0 bridgehead atoms. The molecule has 2 aliphatic rings. The maximum Gasteiger partial charge on any atom is 0.252 e. The number of hydrogen-bond acceptors (Lipinski definition) is 0. The Morgan fingerprint density at radius 1 is 0.288 bits per heavy atom. The average molecular weight is 747 g/mol. The van der Waals surface area contributed by atoms with Crippen molar-refractivity contribution in [2.45, 2.75) is 0 Å². The first-order valence-electron chi connectivity index (χ1n) is 20.6. The Kier molecular flexibility index (Phi) is 5.46. The Labute approximate surface area is 338 Å². The Morgan fingerprint density at radius 3 is 1.53 bits per heavy atom. The molecular weight excluding hydrogens is 715 g/mol. The zero-order valence-corrected chi connectivity index (χ0v) is 31.8. The van der Waals surface area contributed by atoms with Crippen molar-refractivity contribution in [2.75, 3.05) is 0 Å². The molecule has 0 saturated carbocycles. The zero-order chi connectivity index (χ0) is 38.1. The Balaban J connectivity index is 1.09. The van der Waals surface area contributed by atoms with E-state index in [1.54, 1.807) is 0 Å². The number of aromatic nitrogens is 4. The number of benzene rings is 9. The Bertz CT molecular complexity index is 3980. The molecule has 0 N–H and O–H groups in total. The first-order chi connectivity index (χ1) is 29.3. The van der Waals surface area contributed by atoms with Crippen molar-refractivity contribution in [1.82, 2.24) is 18.3 Å². The van der Waals surface area contributed by atoms with Gasteiger partial charge in [-0.15, -0.1) is 0 Å². The molecule has 0 radical (unpaired) electrons. The number of fused-ring (bicyclic) bond motifs is 17. The summed E-state index contributed by atoms with van der Waals surface area (Å²) in [5.41, 5.74) is 19.0. The minimum Gasteiger partial charge on any atom is -0.310 e. The van der Waals surface area contributed by atoms with Crippen LogP contribution >= 0.6 is 0 Å². The molecule has 0 amide bonds. The van der Waals surface area contributed by atoms with E-state index in [4.69, 9.17) is 0 Å². The van der Waals surface area contributed by atoms with Gasteiger partial charge in [0.15, 0.2) is 0 Å². The molecule has 0 unspecified atom stereocenters. The summed E-state index contributed by atoms with van der Waals surface area (Å²) in [4.78, 5) is 0. The van der Waals surface area contributed by atoms with Crippen LogP contribution in [0.4, 0.5) is 0 Å². The zero-order valence-electron chi connectivity index (χ0n) is 31.8. The molecule has 4 aromatic heterocycles. The lowest BCUT2D eigenvalue weighted by atomic mass is 9.34. The fourth-order valence-corrected chi connectivity index (χ4v) is 11.6. The first kappa shape index (κ1) is 30.4. The van der Waals surface area contributed by atoms with Crippen LogP contribution in [-0.4, -0.2) is 25.0 Å². The predicted molar refractivity (Wildman–Crippen MR) is 248 cm³/mol. The van der Waals surface area contributed by atoms with Crippen molar-refractivity contribution in [2.24, 2.45) is 0 Å². The van der Waals surface area contributed by atoms with Gasteiger partial charge in [0.25, 0.3) is 6.71 Å². The lowest BCUT2D eigenvalue weighted by Gasteiger charge is -2.33. The molecule has 0 spiro atoms. The van der Waals surface area contributed by atoms with Crippen molar-refractivity contribution >= 4 is 110 Å². The average Bonchev–Trinajstić information content (AvgIpc) is 4.02. The van der Waals surface area contributed by atoms with E-state index in [1.165, 1.54) is 126 Å². The molecule has 9 aromatic carbocycles. The fourth-order valence-electron chi connectivity index (χ4n) is 11.6. The van der Waals surface area contributed by atoms with E-state index < -0.39 is 0 Å². The lowest BCUT2D eigenvalue weighted by Crippen LogP contribution is -2.59. The molecule has 0 fully saturated rings. The minimum atomic E-state index is 0.0890. The van der Waals surface area contributed by atoms with Gasteiger partial charge < -0.3 is 18.3 Å². The van der Waals surface area contributed by atoms with Gasteiger partial charge in [0, 0.05) is 76.9 Å². The van der Waals surface area contributed by atoms with Crippen LogP contribution in [0.1, 0.15) is 0 Å². The molecule has 13 aromatic rings. The Morgan fingerprint density at radius 2 is 0.797 bits per heavy atom. The third-order valence-electron chi connectivity index (χ3n) is 13.7. The molecule has 4 nitrogen and oxygen atoms in total. The summed E-state index contributed by atoms with van der Waals surface area (Å²) >= 11 is 0. The normalized spacial score (nSPS) is 13.1. The van der Waals surface area contributed by atoms with Crippen LogP contribution in [0.3, 0.4) is 0 Å². The Hall–Kier alpha value is -7.76. The van der Waals surface area contributed by atoms with E-state index in [2.05, 4.69) is 206 Å². The number of rotatable bonds is 2. The second-order valence-electron chi connectivity index (χ2n) is 16.4. The highest BCUT2D eigenvalue weighted by atomic mass is 15.1. The van der Waals surface area contributed by atoms with Crippen LogP contribution in [-0.2, 0) is 0 Å². The van der Waals surface area contributed by atoms with Crippen LogP contribution in [0.5, 0.6) is 0 Å². The molecule has 15 rings (SSSR count). The molecule has 0 atom stereocenters. The molecular formula is C54H31BN4. The van der Waals surface area contributed by atoms with Gasteiger partial charge in [-0.1, -0.05) is 121 Å². The van der Waals surface area contributed by atoms with Gasteiger partial charge in [-0.05, 0) is 83.1 Å². The summed E-state index contributed by atoms with van der Waals surface area (Å²) in [5.74, 6) is 0. The van der Waals surface area contributed by atoms with Crippen molar-refractivity contribution in [3.05, 3.63) is 188 Å². The summed E-state index contributed by atoms with van der Waals surface area (Å²) in [5, 5.41) is 10.3. The maximum absolute atomic E-state index is 2.59. The number of para-hydroxylation sites is 6. The van der Waals surface area contributed by atoms with Crippen molar-refractivity contribution in [1.29, 1.82) is 0 Å². The van der Waals surface area contributed by atoms with E-state index in [9.17, 15) is 0 Å². The maximum atomic E-state index is 2.59. The quantitative estimate of drug-likeness (QED) is 0.157. The molecule has 5 heteroatoms. The second kappa shape index (κ2) is 10.6. The van der Waals surface area contributed by atoms with E-state index in [0.29, 0.717) is 0 Å². The van der Waals surface area contributed by atoms with Crippen LogP contribution in [0.2, 0.25) is 0 Å². The fraction of sp³-hybridized carbons (Fsp3) is 0. The standard InChI is InChI=1S/C54H31BN4/c1-3-14-32(15-4-1)56-43-24-9-8-19-35(43)39-30-40-36-20-11-22-41-52(36)59(49(40)31-48(39)56)47-27-13-26-46-51(47)55(41)42-23-12-21-38-50-45(58(46)53(38)42)29-28-37-34-18-7-10-25-44(34)57(54(37)50)33-16-5-2-6-17-33/h1-31H. The molecule has 6 heterocycles. The predicted octanol–water partition coefficient (Wildman–Crippen LogP) is 11.2. The highest BCUT2D eigenvalue weighted by molar-refractivity contribution is 7.00. The topological polar surface area (TPSA) is 19.7 Å². The van der Waals surface area contributed by atoms with Gasteiger partial charge in [0.05, 0.1) is 33.1 Å². The highest BCUT2D eigenvalue weighted by Crippen LogP contribution is 2.45. The summed E-state index contributed by atoms with van der Waals surface area (Å²) in [6.07, 6.45) is 0. The van der Waals surface area contributed by atoms with E-state index in [-0.39, 0.29) is 6.71 Å². The number of nitrogens with zero attached hydrogens (tertiary/aromatic N) is 4. The van der Waals surface area contributed by atoms with Gasteiger partial charge in [-0.2, -0.15) is 0 Å². The van der Waals surface area contributed by atoms with Crippen molar-refractivity contribution in [3.8, 4) is 22.7 Å². The van der Waals surface area contributed by atoms with Gasteiger partial charge in [0.2, 0.25) is 0 Å². The van der Waals surface area contributed by atoms with Crippen molar-refractivity contribution < 1.29 is 0 Å². The van der Waals surface area contributed by atoms with Crippen LogP contribution in [0, 0.1) is 0 Å². The third kappa shape index (κ3) is 3.56. The largest absolute Gasteiger partial charge is 0.310 e. The number of hydrogen-bond donors (Lipinski definition) is 0. The van der Waals surface area contributed by atoms with Crippen LogP contribution in [0.25, 0.3) is 110 Å². The smallest absolute Gasteiger partial charge is 0.252 e. The SMILES string of the molecule is c1ccc(-n2c3ccccc3c3cc4c5cccc6c5n(c4cc32)-c2cccc3c2B6c2cccc4c5c(ccc6c7ccccc7n(-c7ccccc7)c65)n-3c24)cc1. The summed E-state index contributed by atoms with van der Waals surface area (Å²) in [6, 6.07) is 70.2. The summed E-state index contributed by atoms with van der Waals surface area (Å²) in [7, 11) is 0. The summed E-state index contributed by atoms with van der Waals surface area (Å²) < 4.78 is 10.1. The lowest BCUT2D eigenvalue weighted by molar-refractivity contribution is 1.14. The second-order valence-corrected chi connectivity index (χ2v) is 16.4. The molecule has 0 aliphatic carbocycles. The molecule has 59 heavy (non-hydrogen) atoms. The van der Waals surface area contributed by atoms with Gasteiger partial charge >= 0.3 is 0 Å². The first-order valence-corrected chi connectivity index (χ1v) is 20.6. The highest BCUT2D eigenvalue weighted by Gasteiger charge is 2.41. The van der Waals surface area contributed by atoms with Crippen LogP contribution < -0.4 is 16.4 Å². The van der Waals surface area contributed by atoms with E-state index in [1.807, 2.05) is 0 Å². The van der Waals surface area contributed by atoms with Gasteiger partial charge in [-0.25, -0.2) is 0 Å². The van der Waals surface area contributed by atoms with E-state index in [0.717, 1.165) is 0 Å². The van der Waals surface area contributed by atoms with Crippen molar-refractivity contribution in [3.63, 3.8) is 0 Å². The monoisotopic (exact) mass is 746 g/mol. The minimum absolute atomic E-state index is 0.0890. The van der Waals surface area contributed by atoms with Crippen LogP contribution in [0.15, 0.2) is 188 Å². The molecule has 2 aliphatic heterocycles. The third-order valence-corrected chi connectivity index (χ3v) is 13.7. The molecule has 0 saturated heterocycles. The summed E-state index contributed by atoms with van der Waals surface area (Å²) in [6.45, 7) is 0.0890. The molecule has 270 valence electrons. The van der Waals surface area contributed by atoms with E-state index >= 15 is 0 Å². The van der Waals surface area contributed by atoms with Gasteiger partial charge in [-0.3, -0.25) is 0 Å². The van der Waals surface area contributed by atoms with Gasteiger partial charge in [0.1, 0.15) is 0 Å².